The van der Waals surface area contributed by atoms with Gasteiger partial charge < -0.3 is 0 Å². The summed E-state index contributed by atoms with van der Waals surface area (Å²) in [5.74, 6) is 0. The molecule has 0 atom stereocenters. The molecular formula is C13H26Si. The van der Waals surface area contributed by atoms with Gasteiger partial charge >= 0.3 is 0 Å². The first-order chi connectivity index (χ1) is 6.31. The minimum absolute atomic E-state index is 0.875. The highest BCUT2D eigenvalue weighted by atomic mass is 28.3. The predicted molar refractivity (Wildman–Crippen MR) is 70.6 cm³/mol. The van der Waals surface area contributed by atoms with Crippen molar-refractivity contribution >= 4 is 8.07 Å². The Labute approximate surface area is 91.1 Å². The van der Waals surface area contributed by atoms with Crippen molar-refractivity contribution in [1.29, 1.82) is 0 Å². The van der Waals surface area contributed by atoms with Crippen LogP contribution in [0.15, 0.2) is 23.8 Å². The maximum Gasteiger partial charge on any atom is 0.0480 e. The number of rotatable bonds is 6. The van der Waals surface area contributed by atoms with Crippen molar-refractivity contribution in [1.82, 2.24) is 0 Å². The molecule has 0 saturated carbocycles. The molecule has 0 spiro atoms. The SMILES string of the molecule is C=C(C)CCC/C(C)=C/C[Si](C)(C)C. The van der Waals surface area contributed by atoms with Crippen LogP contribution in [0.3, 0.4) is 0 Å². The molecule has 82 valence electrons. The zero-order valence-corrected chi connectivity index (χ0v) is 11.6. The van der Waals surface area contributed by atoms with E-state index < -0.39 is 8.07 Å². The lowest BCUT2D eigenvalue weighted by Crippen LogP contribution is -2.17. The normalized spacial score (nSPS) is 13.1. The van der Waals surface area contributed by atoms with Gasteiger partial charge in [-0.25, -0.2) is 0 Å². The fourth-order valence-electron chi connectivity index (χ4n) is 1.25. The summed E-state index contributed by atoms with van der Waals surface area (Å²) in [5, 5.41) is 0. The van der Waals surface area contributed by atoms with Crippen LogP contribution >= 0.6 is 0 Å². The van der Waals surface area contributed by atoms with E-state index in [1.807, 2.05) is 0 Å². The van der Waals surface area contributed by atoms with Gasteiger partial charge in [-0.1, -0.05) is 36.9 Å². The summed E-state index contributed by atoms with van der Waals surface area (Å²) in [4.78, 5) is 0. The van der Waals surface area contributed by atoms with E-state index in [0.29, 0.717) is 0 Å². The first-order valence-electron chi connectivity index (χ1n) is 5.61. The molecule has 0 bridgehead atoms. The van der Waals surface area contributed by atoms with Gasteiger partial charge in [-0.15, -0.1) is 6.58 Å². The molecular weight excluding hydrogens is 184 g/mol. The molecule has 1 heteroatoms. The second-order valence-corrected chi connectivity index (χ2v) is 11.2. The molecule has 0 rings (SSSR count). The first-order valence-corrected chi connectivity index (χ1v) is 9.32. The Morgan fingerprint density at radius 2 is 1.71 bits per heavy atom. The van der Waals surface area contributed by atoms with Gasteiger partial charge in [0.15, 0.2) is 0 Å². The van der Waals surface area contributed by atoms with Gasteiger partial charge in [0.25, 0.3) is 0 Å². The monoisotopic (exact) mass is 210 g/mol. The quantitative estimate of drug-likeness (QED) is 0.427. The highest BCUT2D eigenvalue weighted by Gasteiger charge is 2.09. The molecule has 14 heavy (non-hydrogen) atoms. The molecule has 0 aromatic rings. The van der Waals surface area contributed by atoms with Gasteiger partial charge in [0, 0.05) is 8.07 Å². The summed E-state index contributed by atoms with van der Waals surface area (Å²) in [6.45, 7) is 15.6. The number of allylic oxidation sites excluding steroid dienone is 3. The molecule has 0 radical (unpaired) electrons. The summed E-state index contributed by atoms with van der Waals surface area (Å²) in [7, 11) is -0.875. The smallest absolute Gasteiger partial charge is 0.0480 e. The van der Waals surface area contributed by atoms with E-state index in [2.05, 4.69) is 46.1 Å². The molecule has 0 aliphatic rings. The first kappa shape index (κ1) is 13.7. The summed E-state index contributed by atoms with van der Waals surface area (Å²) in [6, 6.07) is 1.33. The Kier molecular flexibility index (Phi) is 6.10. The van der Waals surface area contributed by atoms with Crippen molar-refractivity contribution in [3.63, 3.8) is 0 Å². The van der Waals surface area contributed by atoms with Gasteiger partial charge in [-0.05, 0) is 39.2 Å². The van der Waals surface area contributed by atoms with Crippen molar-refractivity contribution in [2.75, 3.05) is 0 Å². The van der Waals surface area contributed by atoms with Gasteiger partial charge in [0.2, 0.25) is 0 Å². The molecule has 0 unspecified atom stereocenters. The van der Waals surface area contributed by atoms with Crippen LogP contribution in [-0.2, 0) is 0 Å². The second kappa shape index (κ2) is 6.23. The van der Waals surface area contributed by atoms with Crippen LogP contribution in [-0.4, -0.2) is 8.07 Å². The van der Waals surface area contributed by atoms with Crippen LogP contribution in [0.1, 0.15) is 33.1 Å². The lowest BCUT2D eigenvalue weighted by atomic mass is 10.1. The van der Waals surface area contributed by atoms with Crippen molar-refractivity contribution in [3.05, 3.63) is 23.8 Å². The predicted octanol–water partition coefficient (Wildman–Crippen LogP) is 5.02. The van der Waals surface area contributed by atoms with Crippen molar-refractivity contribution in [3.8, 4) is 0 Å². The lowest BCUT2D eigenvalue weighted by Gasteiger charge is -2.13. The second-order valence-electron chi connectivity index (χ2n) is 5.63. The average Bonchev–Trinajstić information content (AvgIpc) is 1.99. The fourth-order valence-corrected chi connectivity index (χ4v) is 2.21. The Morgan fingerprint density at radius 1 is 1.14 bits per heavy atom. The van der Waals surface area contributed by atoms with E-state index in [1.54, 1.807) is 5.57 Å². The van der Waals surface area contributed by atoms with Crippen LogP contribution in [0.4, 0.5) is 0 Å². The molecule has 0 aromatic carbocycles. The highest BCUT2D eigenvalue weighted by Crippen LogP contribution is 2.15. The molecule has 0 aliphatic carbocycles. The summed E-state index contributed by atoms with van der Waals surface area (Å²) < 4.78 is 0. The molecule has 0 amide bonds. The molecule has 0 nitrogen and oxygen atoms in total. The van der Waals surface area contributed by atoms with Crippen LogP contribution in [0.5, 0.6) is 0 Å². The minimum atomic E-state index is -0.875. The molecule has 0 aromatic heterocycles. The van der Waals surface area contributed by atoms with E-state index in [1.165, 1.54) is 30.9 Å². The third-order valence-electron chi connectivity index (χ3n) is 2.24. The van der Waals surface area contributed by atoms with E-state index in [0.717, 1.165) is 0 Å². The lowest BCUT2D eigenvalue weighted by molar-refractivity contribution is 0.804. The number of hydrogen-bond acceptors (Lipinski definition) is 0. The summed E-state index contributed by atoms with van der Waals surface area (Å²) >= 11 is 0. The van der Waals surface area contributed by atoms with Crippen LogP contribution in [0.25, 0.3) is 0 Å². The minimum Gasteiger partial charge on any atom is -0.100 e. The largest absolute Gasteiger partial charge is 0.100 e. The third kappa shape index (κ3) is 9.78. The molecule has 0 aliphatic heterocycles. The zero-order chi connectivity index (χ0) is 11.2. The Balaban J connectivity index is 3.73. The summed E-state index contributed by atoms with van der Waals surface area (Å²) in [5.41, 5.74) is 2.87. The van der Waals surface area contributed by atoms with E-state index >= 15 is 0 Å². The Hall–Kier alpha value is -0.303. The fraction of sp³-hybridized carbons (Fsp3) is 0.692. The van der Waals surface area contributed by atoms with Crippen molar-refractivity contribution in [2.24, 2.45) is 0 Å². The molecule has 0 heterocycles. The maximum atomic E-state index is 3.92. The van der Waals surface area contributed by atoms with Gasteiger partial charge in [-0.3, -0.25) is 0 Å². The van der Waals surface area contributed by atoms with Gasteiger partial charge in [0.1, 0.15) is 0 Å². The summed E-state index contributed by atoms with van der Waals surface area (Å²) in [6.07, 6.45) is 6.14. The van der Waals surface area contributed by atoms with E-state index in [9.17, 15) is 0 Å². The van der Waals surface area contributed by atoms with E-state index in [-0.39, 0.29) is 0 Å². The molecule has 0 N–H and O–H groups in total. The third-order valence-corrected chi connectivity index (χ3v) is 3.67. The van der Waals surface area contributed by atoms with E-state index in [4.69, 9.17) is 0 Å². The number of hydrogen-bond donors (Lipinski definition) is 0. The van der Waals surface area contributed by atoms with Crippen LogP contribution in [0, 0.1) is 0 Å². The Morgan fingerprint density at radius 3 is 2.14 bits per heavy atom. The maximum absolute atomic E-state index is 3.92. The van der Waals surface area contributed by atoms with Crippen molar-refractivity contribution in [2.45, 2.75) is 58.8 Å². The standard InChI is InChI=1S/C13H26Si/c1-12(2)8-7-9-13(3)10-11-14(4,5)6/h10H,1,7-9,11H2,2-6H3/b13-10+. The zero-order valence-electron chi connectivity index (χ0n) is 10.6. The van der Waals surface area contributed by atoms with Gasteiger partial charge in [0.05, 0.1) is 0 Å². The van der Waals surface area contributed by atoms with Gasteiger partial charge in [-0.2, -0.15) is 0 Å². The highest BCUT2D eigenvalue weighted by molar-refractivity contribution is 6.76. The topological polar surface area (TPSA) is 0 Å². The van der Waals surface area contributed by atoms with Crippen molar-refractivity contribution < 1.29 is 0 Å². The molecule has 0 saturated heterocycles. The van der Waals surface area contributed by atoms with Crippen LogP contribution in [0.2, 0.25) is 25.7 Å². The molecule has 0 fully saturated rings. The Bertz CT molecular complexity index is 206. The average molecular weight is 210 g/mol. The van der Waals surface area contributed by atoms with Crippen LogP contribution < -0.4 is 0 Å².